The van der Waals surface area contributed by atoms with Crippen molar-refractivity contribution >= 4 is 34.0 Å². The molecule has 45 heavy (non-hydrogen) atoms. The molecule has 0 saturated heterocycles. The van der Waals surface area contributed by atoms with E-state index in [-0.39, 0.29) is 21.7 Å². The molecule has 0 radical (unpaired) electrons. The van der Waals surface area contributed by atoms with Crippen LogP contribution in [0.3, 0.4) is 0 Å². The number of nitrogens with zero attached hydrogens (tertiary/aromatic N) is 3. The van der Waals surface area contributed by atoms with Crippen LogP contribution < -0.4 is 0 Å². The molecule has 2 N–H and O–H groups in total. The summed E-state index contributed by atoms with van der Waals surface area (Å²) < 4.78 is 0. The molecule has 0 saturated carbocycles. The van der Waals surface area contributed by atoms with Crippen molar-refractivity contribution in [3.63, 3.8) is 0 Å². The molecule has 0 aliphatic carbocycles. The first-order chi connectivity index (χ1) is 20.6. The Hall–Kier alpha value is -3.07. The van der Waals surface area contributed by atoms with Crippen LogP contribution in [-0.2, 0) is 21.7 Å². The van der Waals surface area contributed by atoms with E-state index >= 15 is 0 Å². The Bertz CT molecular complexity index is 1660. The summed E-state index contributed by atoms with van der Waals surface area (Å²) in [7, 11) is 0. The fourth-order valence-electron chi connectivity index (χ4n) is 5.34. The highest BCUT2D eigenvalue weighted by molar-refractivity contribution is 7.27. The van der Waals surface area contributed by atoms with Crippen LogP contribution in [0.2, 0.25) is 0 Å². The Morgan fingerprint density at radius 1 is 0.422 bits per heavy atom. The minimum atomic E-state index is -0.201. The Labute approximate surface area is 280 Å². The van der Waals surface area contributed by atoms with E-state index in [1.165, 1.54) is 0 Å². The molecule has 0 aliphatic rings. The standard InChI is InChI=1S/C37H45N3O2S3/c1-34(2,3)22-13-20(14-23(29(22)41)35(4,5)6)26-17-38-31(43-26)28-19-40-33(45-28)32-39-18-27(44-32)21-15-24(36(7,8)9)30(42)25(16-21)37(10,11)12/h13-19,41-42H,1-12H3. The number of thiazole rings is 3. The first kappa shape index (κ1) is 33.3. The van der Waals surface area contributed by atoms with Gasteiger partial charge in [0.15, 0.2) is 10.0 Å². The van der Waals surface area contributed by atoms with Crippen LogP contribution in [0.15, 0.2) is 42.9 Å². The predicted octanol–water partition coefficient (Wildman–Crippen LogP) is 11.3. The lowest BCUT2D eigenvalue weighted by molar-refractivity contribution is 0.422. The van der Waals surface area contributed by atoms with Gasteiger partial charge in [-0.3, -0.25) is 0 Å². The van der Waals surface area contributed by atoms with E-state index in [0.717, 1.165) is 63.0 Å². The van der Waals surface area contributed by atoms with E-state index < -0.39 is 0 Å². The maximum atomic E-state index is 11.2. The predicted molar refractivity (Wildman–Crippen MR) is 193 cm³/mol. The summed E-state index contributed by atoms with van der Waals surface area (Å²) in [5.41, 5.74) is 5.09. The quantitative estimate of drug-likeness (QED) is 0.201. The van der Waals surface area contributed by atoms with Gasteiger partial charge in [0.25, 0.3) is 0 Å². The van der Waals surface area contributed by atoms with Gasteiger partial charge in [0.1, 0.15) is 16.5 Å². The highest BCUT2D eigenvalue weighted by Gasteiger charge is 2.29. The SMILES string of the molecule is CC(C)(C)c1cc(-c2cnc(-c3cnc(-c4ncc(-c5cc(C(C)(C)C)c(O)c(C(C)(C)C)c5)s4)s3)s2)cc(C(C)(C)C)c1O. The van der Waals surface area contributed by atoms with E-state index in [0.29, 0.717) is 11.5 Å². The van der Waals surface area contributed by atoms with Crippen molar-refractivity contribution in [1.29, 1.82) is 0 Å². The topological polar surface area (TPSA) is 79.1 Å². The number of aromatic hydroxyl groups is 2. The van der Waals surface area contributed by atoms with Crippen LogP contribution in [0.1, 0.15) is 105 Å². The van der Waals surface area contributed by atoms with Gasteiger partial charge in [0.2, 0.25) is 0 Å². The Kier molecular flexibility index (Phi) is 8.38. The van der Waals surface area contributed by atoms with Crippen molar-refractivity contribution in [3.05, 3.63) is 65.1 Å². The van der Waals surface area contributed by atoms with Gasteiger partial charge >= 0.3 is 0 Å². The summed E-state index contributed by atoms with van der Waals surface area (Å²) in [5, 5.41) is 25.0. The number of hydrogen-bond donors (Lipinski definition) is 2. The van der Waals surface area contributed by atoms with Crippen LogP contribution in [0, 0.1) is 0 Å². The fourth-order valence-corrected chi connectivity index (χ4v) is 8.14. The second-order valence-corrected chi connectivity index (χ2v) is 19.0. The summed E-state index contributed by atoms with van der Waals surface area (Å²) in [4.78, 5) is 17.4. The summed E-state index contributed by atoms with van der Waals surface area (Å²) in [6.45, 7) is 25.6. The molecule has 0 fully saturated rings. The molecule has 3 aromatic heterocycles. The molecule has 0 spiro atoms. The van der Waals surface area contributed by atoms with Crippen molar-refractivity contribution in [2.24, 2.45) is 0 Å². The van der Waals surface area contributed by atoms with E-state index in [2.05, 4.69) is 107 Å². The first-order valence-electron chi connectivity index (χ1n) is 15.3. The van der Waals surface area contributed by atoms with Crippen LogP contribution in [0.5, 0.6) is 11.5 Å². The second kappa shape index (κ2) is 11.3. The van der Waals surface area contributed by atoms with Crippen molar-refractivity contribution in [2.45, 2.75) is 105 Å². The van der Waals surface area contributed by atoms with Gasteiger partial charge in [0.05, 0.1) is 14.6 Å². The minimum absolute atomic E-state index is 0.199. The zero-order valence-electron chi connectivity index (χ0n) is 28.5. The van der Waals surface area contributed by atoms with E-state index in [1.807, 2.05) is 18.6 Å². The Balaban J connectivity index is 1.48. The smallest absolute Gasteiger partial charge is 0.152 e. The first-order valence-corrected chi connectivity index (χ1v) is 17.7. The van der Waals surface area contributed by atoms with Crippen LogP contribution in [0.4, 0.5) is 0 Å². The summed E-state index contributed by atoms with van der Waals surface area (Å²) in [5.74, 6) is 0.766. The molecule has 0 amide bonds. The third-order valence-corrected chi connectivity index (χ3v) is 11.3. The van der Waals surface area contributed by atoms with Crippen LogP contribution in [-0.4, -0.2) is 25.2 Å². The zero-order valence-corrected chi connectivity index (χ0v) is 31.0. The average Bonchev–Trinajstić information content (AvgIpc) is 3.66. The van der Waals surface area contributed by atoms with Gasteiger partial charge in [-0.15, -0.1) is 34.0 Å². The van der Waals surface area contributed by atoms with Gasteiger partial charge in [0, 0.05) is 40.8 Å². The maximum Gasteiger partial charge on any atom is 0.152 e. The van der Waals surface area contributed by atoms with Crippen molar-refractivity contribution in [3.8, 4) is 52.3 Å². The molecule has 5 aromatic rings. The van der Waals surface area contributed by atoms with Gasteiger partial charge in [-0.2, -0.15) is 0 Å². The molecular weight excluding hydrogens is 615 g/mol. The minimum Gasteiger partial charge on any atom is -0.507 e. The summed E-state index contributed by atoms with van der Waals surface area (Å²) in [6.07, 6.45) is 5.73. The maximum absolute atomic E-state index is 11.2. The van der Waals surface area contributed by atoms with E-state index in [4.69, 9.17) is 15.0 Å². The molecule has 238 valence electrons. The molecule has 5 nitrogen and oxygen atoms in total. The zero-order chi connectivity index (χ0) is 33.3. The van der Waals surface area contributed by atoms with Crippen LogP contribution >= 0.6 is 34.0 Å². The van der Waals surface area contributed by atoms with Gasteiger partial charge in [-0.05, 0) is 57.1 Å². The van der Waals surface area contributed by atoms with Crippen molar-refractivity contribution in [1.82, 2.24) is 15.0 Å². The van der Waals surface area contributed by atoms with Gasteiger partial charge in [-0.25, -0.2) is 15.0 Å². The molecule has 0 unspecified atom stereocenters. The number of aromatic nitrogens is 3. The highest BCUT2D eigenvalue weighted by atomic mass is 32.1. The molecule has 2 aromatic carbocycles. The van der Waals surface area contributed by atoms with Crippen molar-refractivity contribution < 1.29 is 10.2 Å². The summed E-state index contributed by atoms with van der Waals surface area (Å²) in [6, 6.07) is 8.42. The molecule has 0 atom stereocenters. The lowest BCUT2D eigenvalue weighted by Gasteiger charge is -2.28. The lowest BCUT2D eigenvalue weighted by atomic mass is 9.78. The highest BCUT2D eigenvalue weighted by Crippen LogP contribution is 2.46. The fraction of sp³-hybridized carbons (Fsp3) is 0.432. The average molecular weight is 660 g/mol. The van der Waals surface area contributed by atoms with Crippen LogP contribution in [0.25, 0.3) is 40.8 Å². The molecular formula is C37H45N3O2S3. The van der Waals surface area contributed by atoms with Gasteiger partial charge < -0.3 is 10.2 Å². The third-order valence-electron chi connectivity index (χ3n) is 7.93. The number of phenolic OH excluding ortho intramolecular Hbond substituents is 2. The summed E-state index contributed by atoms with van der Waals surface area (Å²) >= 11 is 4.85. The normalized spacial score (nSPS) is 13.1. The Morgan fingerprint density at radius 3 is 1.02 bits per heavy atom. The van der Waals surface area contributed by atoms with E-state index in [1.54, 1.807) is 34.0 Å². The van der Waals surface area contributed by atoms with Crippen molar-refractivity contribution in [2.75, 3.05) is 0 Å². The molecule has 8 heteroatoms. The second-order valence-electron chi connectivity index (χ2n) is 15.9. The van der Waals surface area contributed by atoms with E-state index in [9.17, 15) is 10.2 Å². The largest absolute Gasteiger partial charge is 0.507 e. The molecule has 5 rings (SSSR count). The lowest BCUT2D eigenvalue weighted by Crippen LogP contribution is -2.17. The number of hydrogen-bond acceptors (Lipinski definition) is 8. The number of rotatable bonds is 4. The number of benzene rings is 2. The molecule has 0 aliphatic heterocycles. The Morgan fingerprint density at radius 2 is 0.689 bits per heavy atom. The molecule has 0 bridgehead atoms. The molecule has 3 heterocycles. The monoisotopic (exact) mass is 659 g/mol. The third kappa shape index (κ3) is 6.74. The number of phenols is 2. The van der Waals surface area contributed by atoms with Gasteiger partial charge in [-0.1, -0.05) is 83.1 Å².